The van der Waals surface area contributed by atoms with E-state index < -0.39 is 33.2 Å². The Morgan fingerprint density at radius 2 is 1.98 bits per heavy atom. The molecule has 3 aliphatic carbocycles. The number of hydrogen-bond acceptors (Lipinski definition) is 10. The van der Waals surface area contributed by atoms with Gasteiger partial charge in [-0.05, 0) is 72.2 Å². The molecular formula is C37H40ClN8O7P. The molecule has 0 unspecified atom stereocenters. The quantitative estimate of drug-likeness (QED) is 0.0987. The summed E-state index contributed by atoms with van der Waals surface area (Å²) in [5.74, 6) is 0.636. The highest BCUT2D eigenvalue weighted by atomic mass is 35.5. The maximum absolute atomic E-state index is 14.6. The summed E-state index contributed by atoms with van der Waals surface area (Å²) in [5.41, 5.74) is 1.68. The number of fused-ring (bicyclic) bond motifs is 3. The standard InChI is InChI=1S/C37H40ClN8O7P/c1-36(2,3)21-41-31-23(18-39)19-40-32-28(31)14-24(15-29(32)38)46(35(48)52-12-13-53-54(49,50)51)33(26-6-5-7-27-25(26)9-11-44(4)34(27)47)30-20-45(43-42-30)37-10-8-22(16-37)17-37/h5-7,9,11,14-15,19-20,22,33H,8,10,12-13,16-17,21H2,1-4H3,(H,40,41)(H2,49,50,51)/t22?,33-,37?/m0/s1. The van der Waals surface area contributed by atoms with Crippen LogP contribution >= 0.6 is 19.4 Å². The number of ether oxygens (including phenoxy) is 1. The molecule has 282 valence electrons. The third-order valence-corrected chi connectivity index (χ3v) is 11.0. The first-order valence-corrected chi connectivity index (χ1v) is 19.4. The number of anilines is 2. The molecule has 54 heavy (non-hydrogen) atoms. The van der Waals surface area contributed by atoms with Crippen LogP contribution in [0.1, 0.15) is 69.3 Å². The minimum absolute atomic E-state index is 0.167. The molecule has 2 aromatic carbocycles. The number of carbonyl (C=O) groups is 1. The largest absolute Gasteiger partial charge is 0.469 e. The van der Waals surface area contributed by atoms with Gasteiger partial charge in [-0.15, -0.1) is 5.10 Å². The second-order valence-corrected chi connectivity index (χ2v) is 16.9. The van der Waals surface area contributed by atoms with E-state index in [0.717, 1.165) is 25.7 Å². The number of nitrogens with zero attached hydrogens (tertiary/aromatic N) is 7. The Morgan fingerprint density at radius 3 is 2.67 bits per heavy atom. The zero-order valence-corrected chi connectivity index (χ0v) is 31.8. The molecule has 3 saturated carbocycles. The minimum atomic E-state index is -4.85. The Bertz CT molecular complexity index is 2420. The number of carbonyl (C=O) groups excluding carboxylic acids is 1. The van der Waals surface area contributed by atoms with Crippen molar-refractivity contribution < 1.29 is 28.4 Å². The van der Waals surface area contributed by atoms with E-state index in [1.54, 1.807) is 49.6 Å². The first-order chi connectivity index (χ1) is 25.6. The third-order valence-electron chi connectivity index (χ3n) is 10.2. The Balaban J connectivity index is 1.45. The average Bonchev–Trinajstić information content (AvgIpc) is 3.86. The van der Waals surface area contributed by atoms with Gasteiger partial charge in [-0.3, -0.25) is 19.2 Å². The summed E-state index contributed by atoms with van der Waals surface area (Å²) in [6.45, 7) is 5.53. The van der Waals surface area contributed by atoms with Gasteiger partial charge in [0.15, 0.2) is 0 Å². The molecule has 0 aliphatic heterocycles. The fourth-order valence-corrected chi connectivity index (χ4v) is 8.20. The number of phosphoric acid groups is 1. The number of halogens is 1. The molecule has 0 saturated heterocycles. The lowest BCUT2D eigenvalue weighted by molar-refractivity contribution is 0.114. The number of nitriles is 1. The van der Waals surface area contributed by atoms with E-state index in [2.05, 4.69) is 31.2 Å². The Kier molecular flexibility index (Phi) is 9.78. The molecule has 3 fully saturated rings. The number of benzene rings is 2. The van der Waals surface area contributed by atoms with Gasteiger partial charge in [0.25, 0.3) is 5.56 Å². The fraction of sp³-hybridized carbons (Fsp3) is 0.405. The van der Waals surface area contributed by atoms with Crippen molar-refractivity contribution in [1.82, 2.24) is 24.5 Å². The Labute approximate surface area is 315 Å². The van der Waals surface area contributed by atoms with Crippen LogP contribution in [-0.4, -0.2) is 60.2 Å². The zero-order chi connectivity index (χ0) is 38.6. The summed E-state index contributed by atoms with van der Waals surface area (Å²) in [5, 5.41) is 24.3. The maximum atomic E-state index is 14.6. The van der Waals surface area contributed by atoms with Crippen LogP contribution in [-0.2, 0) is 26.4 Å². The maximum Gasteiger partial charge on any atom is 0.469 e. The van der Waals surface area contributed by atoms with Gasteiger partial charge < -0.3 is 24.4 Å². The lowest BCUT2D eigenvalue weighted by atomic mass is 9.77. The van der Waals surface area contributed by atoms with Crippen molar-refractivity contribution in [3.8, 4) is 6.07 Å². The van der Waals surface area contributed by atoms with E-state index in [9.17, 15) is 29.2 Å². The van der Waals surface area contributed by atoms with Gasteiger partial charge in [0.05, 0.1) is 45.8 Å². The zero-order valence-electron chi connectivity index (χ0n) is 30.2. The van der Waals surface area contributed by atoms with E-state index in [1.165, 1.54) is 15.7 Å². The number of hydrogen-bond donors (Lipinski definition) is 3. The summed E-state index contributed by atoms with van der Waals surface area (Å²) < 4.78 is 25.0. The predicted molar refractivity (Wildman–Crippen MR) is 202 cm³/mol. The van der Waals surface area contributed by atoms with E-state index >= 15 is 0 Å². The summed E-state index contributed by atoms with van der Waals surface area (Å²) in [6.07, 6.45) is 8.00. The fourth-order valence-electron chi connectivity index (χ4n) is 7.63. The molecular weight excluding hydrogens is 735 g/mol. The molecule has 8 rings (SSSR count). The van der Waals surface area contributed by atoms with Gasteiger partial charge in [0.2, 0.25) is 0 Å². The highest BCUT2D eigenvalue weighted by molar-refractivity contribution is 7.46. The molecule has 1 amide bonds. The second kappa shape index (κ2) is 14.1. The Hall–Kier alpha value is -4.84. The summed E-state index contributed by atoms with van der Waals surface area (Å²) >= 11 is 6.95. The number of aromatic nitrogens is 5. The predicted octanol–water partition coefficient (Wildman–Crippen LogP) is 6.40. The van der Waals surface area contributed by atoms with Crippen molar-refractivity contribution in [2.45, 2.75) is 58.0 Å². The number of nitrogens with one attached hydrogen (secondary N) is 1. The van der Waals surface area contributed by atoms with Crippen molar-refractivity contribution in [1.29, 1.82) is 5.26 Å². The van der Waals surface area contributed by atoms with Gasteiger partial charge in [-0.25, -0.2) is 14.0 Å². The van der Waals surface area contributed by atoms with Crippen molar-refractivity contribution in [2.24, 2.45) is 18.4 Å². The van der Waals surface area contributed by atoms with Crippen molar-refractivity contribution in [2.75, 3.05) is 30.0 Å². The van der Waals surface area contributed by atoms with Gasteiger partial charge in [-0.2, -0.15) is 5.26 Å². The van der Waals surface area contributed by atoms with Crippen LogP contribution in [0.5, 0.6) is 0 Å². The molecule has 3 aliphatic rings. The normalized spacial score (nSPS) is 18.7. The topological polar surface area (TPSA) is 198 Å². The van der Waals surface area contributed by atoms with E-state index in [0.29, 0.717) is 51.1 Å². The molecule has 3 heterocycles. The summed E-state index contributed by atoms with van der Waals surface area (Å²) in [7, 11) is -3.20. The van der Waals surface area contributed by atoms with Crippen molar-refractivity contribution in [3.05, 3.63) is 87.2 Å². The van der Waals surface area contributed by atoms with Crippen LogP contribution in [0.2, 0.25) is 5.02 Å². The summed E-state index contributed by atoms with van der Waals surface area (Å²) in [6, 6.07) is 11.4. The van der Waals surface area contributed by atoms with E-state index in [4.69, 9.17) is 16.3 Å². The molecule has 3 aromatic heterocycles. The third kappa shape index (κ3) is 7.20. The number of amides is 1. The second-order valence-electron chi connectivity index (χ2n) is 15.3. The lowest BCUT2D eigenvalue weighted by Crippen LogP contribution is -2.39. The van der Waals surface area contributed by atoms with Crippen LogP contribution < -0.4 is 15.8 Å². The van der Waals surface area contributed by atoms with Crippen LogP contribution in [0.25, 0.3) is 21.7 Å². The molecule has 3 N–H and O–H groups in total. The Morgan fingerprint density at radius 1 is 1.20 bits per heavy atom. The molecule has 1 atom stereocenters. The van der Waals surface area contributed by atoms with Crippen molar-refractivity contribution in [3.63, 3.8) is 0 Å². The first-order valence-electron chi connectivity index (χ1n) is 17.5. The molecule has 0 radical (unpaired) electrons. The van der Waals surface area contributed by atoms with Crippen LogP contribution in [0, 0.1) is 22.7 Å². The first kappa shape index (κ1) is 37.5. The smallest absolute Gasteiger partial charge is 0.447 e. The molecule has 2 bridgehead atoms. The monoisotopic (exact) mass is 774 g/mol. The van der Waals surface area contributed by atoms with Crippen LogP contribution in [0.3, 0.4) is 0 Å². The highest BCUT2D eigenvalue weighted by Gasteiger charge is 2.52. The van der Waals surface area contributed by atoms with E-state index in [-0.39, 0.29) is 32.8 Å². The van der Waals surface area contributed by atoms with Gasteiger partial charge in [0.1, 0.15) is 24.4 Å². The molecule has 17 heteroatoms. The lowest BCUT2D eigenvalue weighted by Gasteiger charge is -2.38. The molecule has 0 spiro atoms. The number of pyridine rings is 2. The number of aryl methyl sites for hydroxylation is 1. The van der Waals surface area contributed by atoms with Crippen molar-refractivity contribution >= 4 is 58.6 Å². The summed E-state index contributed by atoms with van der Waals surface area (Å²) in [4.78, 5) is 52.3. The van der Waals surface area contributed by atoms with Gasteiger partial charge >= 0.3 is 13.9 Å². The minimum Gasteiger partial charge on any atom is -0.447 e. The molecule has 15 nitrogen and oxygen atoms in total. The van der Waals surface area contributed by atoms with Gasteiger partial charge in [0, 0.05) is 36.8 Å². The number of rotatable bonds is 11. The molecule has 5 aromatic rings. The van der Waals surface area contributed by atoms with E-state index in [1.807, 2.05) is 31.6 Å². The van der Waals surface area contributed by atoms with Crippen LogP contribution in [0.4, 0.5) is 16.2 Å². The van der Waals surface area contributed by atoms with Gasteiger partial charge in [-0.1, -0.05) is 49.7 Å². The average molecular weight is 775 g/mol. The highest BCUT2D eigenvalue weighted by Crippen LogP contribution is 2.56. The number of phosphoric ester groups is 1. The SMILES string of the molecule is Cn1ccc2c([C@@H](c3cn(C45CCC(C4)C5)nn3)N(C(=O)OCCOP(=O)(O)O)c3cc(Cl)c4ncc(C#N)c(NCC(C)(C)C)c4c3)cccc2c1=O. The van der Waals surface area contributed by atoms with Crippen LogP contribution in [0.15, 0.2) is 59.8 Å².